The Labute approximate surface area is 261 Å². The Bertz CT molecular complexity index is 1650. The third kappa shape index (κ3) is 6.39. The molecule has 0 unspecified atom stereocenters. The lowest BCUT2D eigenvalue weighted by Crippen LogP contribution is -2.57. The van der Waals surface area contributed by atoms with Gasteiger partial charge in [0.2, 0.25) is 27.7 Å². The van der Waals surface area contributed by atoms with Gasteiger partial charge in [0.1, 0.15) is 28.9 Å². The molecule has 2 saturated carbocycles. The molecule has 12 nitrogen and oxygen atoms in total. The van der Waals surface area contributed by atoms with E-state index in [1.165, 1.54) is 11.0 Å². The van der Waals surface area contributed by atoms with Crippen molar-refractivity contribution >= 4 is 38.8 Å². The lowest BCUT2D eigenvalue weighted by Gasteiger charge is -2.28. The summed E-state index contributed by atoms with van der Waals surface area (Å²) in [7, 11) is -3.85. The van der Waals surface area contributed by atoms with Crippen LogP contribution in [0.5, 0.6) is 5.88 Å². The lowest BCUT2D eigenvalue weighted by atomic mass is 10.1. The quantitative estimate of drug-likeness (QED) is 0.399. The van der Waals surface area contributed by atoms with Gasteiger partial charge >= 0.3 is 0 Å². The van der Waals surface area contributed by atoms with Crippen LogP contribution >= 0.6 is 0 Å². The molecule has 4 aliphatic rings. The van der Waals surface area contributed by atoms with Gasteiger partial charge in [-0.05, 0) is 57.1 Å². The summed E-state index contributed by atoms with van der Waals surface area (Å²) in [4.78, 5) is 51.3. The molecule has 0 spiro atoms. The van der Waals surface area contributed by atoms with Gasteiger partial charge in [-0.15, -0.1) is 0 Å². The lowest BCUT2D eigenvalue weighted by molar-refractivity contribution is -0.140. The number of ether oxygens (including phenoxy) is 1. The average Bonchev–Trinajstić information content (AvgIpc) is 3.93. The van der Waals surface area contributed by atoms with Crippen molar-refractivity contribution in [3.63, 3.8) is 0 Å². The number of hydrogen-bond donors (Lipinski definition) is 3. The first-order valence-corrected chi connectivity index (χ1v) is 17.3. The largest absolute Gasteiger partial charge is 0.471 e. The number of rotatable bonds is 6. The number of hydrogen-bond acceptors (Lipinski definition) is 9. The van der Waals surface area contributed by atoms with E-state index in [0.29, 0.717) is 36.9 Å². The summed E-state index contributed by atoms with van der Waals surface area (Å²) in [6.07, 6.45) is 8.48. The maximum atomic E-state index is 14.6. The molecular weight excluding hydrogens is 603 g/mol. The summed E-state index contributed by atoms with van der Waals surface area (Å²) in [5, 5.41) is 2.22. The summed E-state index contributed by atoms with van der Waals surface area (Å²) >= 11 is 0. The Kier molecular flexibility index (Phi) is 8.55. The maximum Gasteiger partial charge on any atom is 0.259 e. The molecule has 3 heterocycles. The number of aromatic nitrogens is 2. The Morgan fingerprint density at radius 3 is 2.76 bits per heavy atom. The van der Waals surface area contributed by atoms with E-state index in [4.69, 9.17) is 10.5 Å². The van der Waals surface area contributed by atoms with Gasteiger partial charge in [-0.2, -0.15) is 0 Å². The molecule has 3 fully saturated rings. The molecular formula is C31H39FN6O6S. The highest BCUT2D eigenvalue weighted by molar-refractivity contribution is 7.91. The monoisotopic (exact) mass is 642 g/mol. The zero-order valence-corrected chi connectivity index (χ0v) is 26.0. The van der Waals surface area contributed by atoms with Crippen LogP contribution in [0.25, 0.3) is 11.0 Å². The van der Waals surface area contributed by atoms with Crippen molar-refractivity contribution in [2.45, 2.75) is 100 Å². The molecule has 3 amide bonds. The van der Waals surface area contributed by atoms with E-state index in [9.17, 15) is 27.2 Å². The summed E-state index contributed by atoms with van der Waals surface area (Å²) < 4.78 is 48.3. The first kappa shape index (κ1) is 31.3. The Morgan fingerprint density at radius 1 is 1.20 bits per heavy atom. The summed E-state index contributed by atoms with van der Waals surface area (Å²) in [5.41, 5.74) is 5.81. The van der Waals surface area contributed by atoms with E-state index in [0.717, 1.165) is 25.7 Å². The predicted molar refractivity (Wildman–Crippen MR) is 163 cm³/mol. The number of amides is 3. The van der Waals surface area contributed by atoms with Crippen molar-refractivity contribution in [3.05, 3.63) is 41.9 Å². The number of aryl methyl sites for hydroxylation is 1. The molecule has 1 saturated heterocycles. The van der Waals surface area contributed by atoms with Crippen LogP contribution in [0, 0.1) is 11.7 Å². The molecule has 242 valence electrons. The number of halogens is 1. The topological polar surface area (TPSA) is 174 Å². The summed E-state index contributed by atoms with van der Waals surface area (Å²) in [6, 6.07) is 2.62. The standard InChI is InChI=1S/C31H39FN6O6S/c1-2-23-28(35-26-21(32)10-8-12-24(26)34-23)44-19-15-25-27(39)36-31(30(41)37-45(42,43)20-13-14-20)16-18(31)9-6-4-3-5-7-11-22(33)29(40)38(25)17-19/h6,8-10,12,18-20,22,25H,2-5,7,11,13-17,33H2,1H3,(H,36,39)(H,37,41)/t18-,19-,22+,25+,31-/m1/s1. The van der Waals surface area contributed by atoms with E-state index in [1.54, 1.807) is 12.1 Å². The van der Waals surface area contributed by atoms with Crippen molar-refractivity contribution in [3.8, 4) is 5.88 Å². The van der Waals surface area contributed by atoms with E-state index in [-0.39, 0.29) is 30.8 Å². The number of fused-ring (bicyclic) bond motifs is 3. The normalized spacial score (nSPS) is 29.3. The fourth-order valence-electron chi connectivity index (χ4n) is 6.29. The number of nitrogens with two attached hydrogens (primary N) is 1. The van der Waals surface area contributed by atoms with Crippen LogP contribution in [-0.2, 0) is 30.8 Å². The minimum Gasteiger partial charge on any atom is -0.471 e. The van der Waals surface area contributed by atoms with Crippen LogP contribution in [0.1, 0.15) is 70.4 Å². The number of benzene rings is 1. The Morgan fingerprint density at radius 2 is 2.00 bits per heavy atom. The third-order valence-corrected chi connectivity index (χ3v) is 11.0. The summed E-state index contributed by atoms with van der Waals surface area (Å²) in [6.45, 7) is 1.88. The minimum atomic E-state index is -3.85. The number of allylic oxidation sites excluding steroid dienone is 1. The number of carbonyl (C=O) groups is 3. The molecule has 0 bridgehead atoms. The fraction of sp³-hybridized carbons (Fsp3) is 0.581. The highest BCUT2D eigenvalue weighted by Gasteiger charge is 2.62. The van der Waals surface area contributed by atoms with Crippen molar-refractivity contribution in [1.82, 2.24) is 24.9 Å². The molecule has 1 aromatic heterocycles. The molecule has 45 heavy (non-hydrogen) atoms. The number of nitrogens with one attached hydrogen (secondary N) is 2. The van der Waals surface area contributed by atoms with Crippen LogP contribution in [-0.4, -0.2) is 76.5 Å². The van der Waals surface area contributed by atoms with E-state index in [2.05, 4.69) is 20.0 Å². The van der Waals surface area contributed by atoms with Crippen LogP contribution < -0.4 is 20.5 Å². The molecule has 2 aliphatic carbocycles. The third-order valence-electron chi connectivity index (χ3n) is 9.18. The van der Waals surface area contributed by atoms with Crippen LogP contribution in [0.15, 0.2) is 30.4 Å². The van der Waals surface area contributed by atoms with Crippen molar-refractivity contribution in [1.29, 1.82) is 0 Å². The molecule has 6 rings (SSSR count). The minimum absolute atomic E-state index is 0.0172. The van der Waals surface area contributed by atoms with Gasteiger partial charge < -0.3 is 20.7 Å². The van der Waals surface area contributed by atoms with Gasteiger partial charge in [0.25, 0.3) is 5.91 Å². The van der Waals surface area contributed by atoms with Gasteiger partial charge in [0, 0.05) is 12.3 Å². The van der Waals surface area contributed by atoms with Gasteiger partial charge in [-0.1, -0.05) is 38.0 Å². The van der Waals surface area contributed by atoms with Gasteiger partial charge in [0.05, 0.1) is 23.4 Å². The van der Waals surface area contributed by atoms with Gasteiger partial charge in [0.15, 0.2) is 5.82 Å². The van der Waals surface area contributed by atoms with Crippen LogP contribution in [0.2, 0.25) is 0 Å². The van der Waals surface area contributed by atoms with Crippen molar-refractivity contribution < 1.29 is 31.9 Å². The molecule has 2 aliphatic heterocycles. The second-order valence-electron chi connectivity index (χ2n) is 12.5. The summed E-state index contributed by atoms with van der Waals surface area (Å²) in [5.74, 6) is -2.61. The van der Waals surface area contributed by atoms with Crippen molar-refractivity contribution in [2.24, 2.45) is 11.7 Å². The molecule has 1 aromatic carbocycles. The molecule has 2 aromatic rings. The smallest absolute Gasteiger partial charge is 0.259 e. The predicted octanol–water partition coefficient (Wildman–Crippen LogP) is 2.01. The zero-order chi connectivity index (χ0) is 31.9. The highest BCUT2D eigenvalue weighted by atomic mass is 32.2. The Balaban J connectivity index is 1.28. The molecule has 0 radical (unpaired) electrons. The Hall–Kier alpha value is -3.65. The zero-order valence-electron chi connectivity index (χ0n) is 25.2. The first-order chi connectivity index (χ1) is 21.5. The number of carbonyl (C=O) groups excluding carboxylic acids is 3. The number of para-hydroxylation sites is 1. The second kappa shape index (κ2) is 12.3. The molecule has 4 N–H and O–H groups in total. The first-order valence-electron chi connectivity index (χ1n) is 15.7. The fourth-order valence-corrected chi connectivity index (χ4v) is 7.65. The molecule has 5 atom stereocenters. The van der Waals surface area contributed by atoms with Gasteiger partial charge in [-0.3, -0.25) is 19.1 Å². The van der Waals surface area contributed by atoms with Crippen LogP contribution in [0.4, 0.5) is 4.39 Å². The number of sulfonamides is 1. The molecule has 14 heteroatoms. The van der Waals surface area contributed by atoms with Crippen molar-refractivity contribution in [2.75, 3.05) is 6.54 Å². The van der Waals surface area contributed by atoms with E-state index in [1.807, 2.05) is 19.1 Å². The second-order valence-corrected chi connectivity index (χ2v) is 14.5. The van der Waals surface area contributed by atoms with Gasteiger partial charge in [-0.25, -0.2) is 22.8 Å². The maximum absolute atomic E-state index is 14.6. The van der Waals surface area contributed by atoms with E-state index < -0.39 is 68.5 Å². The SMILES string of the molecule is CCc1nc2cccc(F)c2nc1O[C@@H]1C[C@H]2C(=O)N[C@]3(C(=O)NS(=O)(=O)C4CC4)C[C@H]3C=CCCCCC[C@H](N)C(=O)N2C1. The number of nitrogens with zero attached hydrogens (tertiary/aromatic N) is 3. The highest BCUT2D eigenvalue weighted by Crippen LogP contribution is 2.46. The van der Waals surface area contributed by atoms with E-state index >= 15 is 0 Å². The average molecular weight is 643 g/mol. The van der Waals surface area contributed by atoms with Crippen LogP contribution in [0.3, 0.4) is 0 Å².